The molecule has 2 fully saturated rings. The van der Waals surface area contributed by atoms with E-state index in [0.717, 1.165) is 41.2 Å². The molecule has 2 aliphatic rings. The van der Waals surface area contributed by atoms with Crippen LogP contribution in [-0.4, -0.2) is 59.5 Å². The molecule has 0 atom stereocenters. The number of carbonyl (C=O) groups excluding carboxylic acids is 2. The quantitative estimate of drug-likeness (QED) is 0.530. The van der Waals surface area contributed by atoms with Crippen molar-refractivity contribution in [3.63, 3.8) is 0 Å². The Morgan fingerprint density at radius 1 is 0.912 bits per heavy atom. The van der Waals surface area contributed by atoms with Gasteiger partial charge in [0, 0.05) is 48.5 Å². The Bertz CT molecular complexity index is 1210. The number of amides is 2. The normalized spacial score (nSPS) is 16.0. The van der Waals surface area contributed by atoms with Crippen molar-refractivity contribution in [2.24, 2.45) is 5.92 Å². The molecule has 6 nitrogen and oxygen atoms in total. The van der Waals surface area contributed by atoms with E-state index in [0.29, 0.717) is 36.8 Å². The molecule has 1 saturated carbocycles. The van der Waals surface area contributed by atoms with Gasteiger partial charge in [-0.05, 0) is 67.8 Å². The first kappa shape index (κ1) is 22.5. The number of rotatable bonds is 5. The minimum atomic E-state index is -0.00139. The first-order chi connectivity index (χ1) is 16.5. The predicted octanol–water partition coefficient (Wildman–Crippen LogP) is 4.81. The second kappa shape index (κ2) is 9.18. The molecular formula is C27H28ClN3O3. The van der Waals surface area contributed by atoms with Crippen molar-refractivity contribution >= 4 is 23.4 Å². The molecule has 1 aliphatic carbocycles. The first-order valence-electron chi connectivity index (χ1n) is 11.7. The summed E-state index contributed by atoms with van der Waals surface area (Å²) in [4.78, 5) is 29.8. The van der Waals surface area contributed by atoms with Gasteiger partial charge in [0.05, 0.1) is 18.4 Å². The minimum Gasteiger partial charge on any atom is -0.497 e. The van der Waals surface area contributed by atoms with Crippen LogP contribution in [0.1, 0.15) is 28.9 Å². The summed E-state index contributed by atoms with van der Waals surface area (Å²) in [5.74, 6) is 1.24. The van der Waals surface area contributed by atoms with Crippen molar-refractivity contribution in [2.75, 3.05) is 33.3 Å². The van der Waals surface area contributed by atoms with E-state index >= 15 is 0 Å². The molecule has 176 valence electrons. The Morgan fingerprint density at radius 2 is 1.53 bits per heavy atom. The van der Waals surface area contributed by atoms with Gasteiger partial charge in [0.2, 0.25) is 5.91 Å². The van der Waals surface area contributed by atoms with Crippen LogP contribution in [0.5, 0.6) is 5.75 Å². The Hall–Kier alpha value is -3.25. The summed E-state index contributed by atoms with van der Waals surface area (Å²) < 4.78 is 7.42. The Morgan fingerprint density at radius 3 is 2.12 bits per heavy atom. The molecule has 1 aliphatic heterocycles. The van der Waals surface area contributed by atoms with Gasteiger partial charge in [-0.15, -0.1) is 0 Å². The molecule has 2 aromatic carbocycles. The number of aromatic nitrogens is 1. The van der Waals surface area contributed by atoms with Crippen LogP contribution in [-0.2, 0) is 4.79 Å². The summed E-state index contributed by atoms with van der Waals surface area (Å²) in [6.45, 7) is 4.29. The standard InChI is InChI=1S/C27H28ClN3O3/c1-18-24(27(33)30-15-13-29(14-16-30)26(32)20-3-4-20)17-25(19-5-7-21(28)8-6-19)31(18)22-9-11-23(34-2)12-10-22/h5-12,17,20H,3-4,13-16H2,1-2H3. The zero-order chi connectivity index (χ0) is 23.8. The van der Waals surface area contributed by atoms with Crippen molar-refractivity contribution in [1.82, 2.24) is 14.4 Å². The van der Waals surface area contributed by atoms with Crippen LogP contribution in [0.25, 0.3) is 16.9 Å². The molecular weight excluding hydrogens is 450 g/mol. The van der Waals surface area contributed by atoms with Crippen LogP contribution in [0, 0.1) is 12.8 Å². The maximum absolute atomic E-state index is 13.6. The fraction of sp³-hybridized carbons (Fsp3) is 0.333. The number of halogens is 1. The lowest BCUT2D eigenvalue weighted by Crippen LogP contribution is -2.51. The Kier molecular flexibility index (Phi) is 6.09. The largest absolute Gasteiger partial charge is 0.497 e. The summed E-state index contributed by atoms with van der Waals surface area (Å²) >= 11 is 6.13. The molecule has 0 spiro atoms. The van der Waals surface area contributed by atoms with Crippen LogP contribution in [0.15, 0.2) is 54.6 Å². The van der Waals surface area contributed by atoms with E-state index in [2.05, 4.69) is 4.57 Å². The van der Waals surface area contributed by atoms with E-state index in [1.54, 1.807) is 7.11 Å². The molecule has 7 heteroatoms. The van der Waals surface area contributed by atoms with Gasteiger partial charge in [-0.25, -0.2) is 0 Å². The maximum atomic E-state index is 13.6. The molecule has 0 bridgehead atoms. The van der Waals surface area contributed by atoms with Crippen LogP contribution < -0.4 is 4.74 Å². The summed E-state index contributed by atoms with van der Waals surface area (Å²) in [5.41, 5.74) is 4.38. The highest BCUT2D eigenvalue weighted by atomic mass is 35.5. The summed E-state index contributed by atoms with van der Waals surface area (Å²) in [5, 5.41) is 0.665. The van der Waals surface area contributed by atoms with Gasteiger partial charge in [0.1, 0.15) is 5.75 Å². The lowest BCUT2D eigenvalue weighted by Gasteiger charge is -2.35. The van der Waals surface area contributed by atoms with E-state index in [1.165, 1.54) is 0 Å². The van der Waals surface area contributed by atoms with Gasteiger partial charge in [0.25, 0.3) is 5.91 Å². The fourth-order valence-electron chi connectivity index (χ4n) is 4.61. The number of hydrogen-bond donors (Lipinski definition) is 0. The Balaban J connectivity index is 1.47. The van der Waals surface area contributed by atoms with Crippen molar-refractivity contribution < 1.29 is 14.3 Å². The van der Waals surface area contributed by atoms with Gasteiger partial charge in [-0.2, -0.15) is 0 Å². The van der Waals surface area contributed by atoms with Crippen molar-refractivity contribution in [3.05, 3.63) is 70.9 Å². The maximum Gasteiger partial charge on any atom is 0.255 e. The molecule has 1 saturated heterocycles. The van der Waals surface area contributed by atoms with E-state index in [-0.39, 0.29) is 17.7 Å². The second-order valence-corrected chi connectivity index (χ2v) is 9.40. The third-order valence-corrected chi connectivity index (χ3v) is 7.01. The second-order valence-electron chi connectivity index (χ2n) is 8.96. The molecule has 2 amide bonds. The highest BCUT2D eigenvalue weighted by Gasteiger charge is 2.35. The van der Waals surface area contributed by atoms with Crippen LogP contribution in [0.2, 0.25) is 5.02 Å². The number of nitrogens with zero attached hydrogens (tertiary/aromatic N) is 3. The molecule has 0 N–H and O–H groups in total. The topological polar surface area (TPSA) is 54.8 Å². The molecule has 5 rings (SSSR count). The molecule has 3 aromatic rings. The third kappa shape index (κ3) is 4.30. The van der Waals surface area contributed by atoms with Crippen molar-refractivity contribution in [2.45, 2.75) is 19.8 Å². The average Bonchev–Trinajstić information content (AvgIpc) is 3.67. The molecule has 0 unspecified atom stereocenters. The fourth-order valence-corrected chi connectivity index (χ4v) is 4.74. The molecule has 1 aromatic heterocycles. The molecule has 0 radical (unpaired) electrons. The van der Waals surface area contributed by atoms with Gasteiger partial charge in [-0.1, -0.05) is 23.7 Å². The summed E-state index contributed by atoms with van der Waals surface area (Å²) in [7, 11) is 1.64. The van der Waals surface area contributed by atoms with Gasteiger partial charge >= 0.3 is 0 Å². The number of ether oxygens (including phenoxy) is 1. The zero-order valence-electron chi connectivity index (χ0n) is 19.5. The highest BCUT2D eigenvalue weighted by molar-refractivity contribution is 6.30. The molecule has 2 heterocycles. The smallest absolute Gasteiger partial charge is 0.255 e. The average molecular weight is 478 g/mol. The first-order valence-corrected chi connectivity index (χ1v) is 12.0. The number of methoxy groups -OCH3 is 1. The monoisotopic (exact) mass is 477 g/mol. The SMILES string of the molecule is COc1ccc(-n2c(-c3ccc(Cl)cc3)cc(C(=O)N3CCN(C(=O)C4CC4)CC3)c2C)cc1. The van der Waals surface area contributed by atoms with Crippen LogP contribution in [0.4, 0.5) is 0 Å². The van der Waals surface area contributed by atoms with Crippen LogP contribution in [0.3, 0.4) is 0 Å². The number of hydrogen-bond acceptors (Lipinski definition) is 3. The third-order valence-electron chi connectivity index (χ3n) is 6.75. The molecule has 34 heavy (non-hydrogen) atoms. The lowest BCUT2D eigenvalue weighted by molar-refractivity contribution is -0.134. The van der Waals surface area contributed by atoms with Crippen molar-refractivity contribution in [1.29, 1.82) is 0 Å². The van der Waals surface area contributed by atoms with Crippen molar-refractivity contribution in [3.8, 4) is 22.7 Å². The zero-order valence-corrected chi connectivity index (χ0v) is 20.2. The van der Waals surface area contributed by atoms with E-state index in [4.69, 9.17) is 16.3 Å². The highest BCUT2D eigenvalue weighted by Crippen LogP contribution is 2.33. The lowest BCUT2D eigenvalue weighted by atomic mass is 10.1. The Labute approximate surface area is 204 Å². The van der Waals surface area contributed by atoms with E-state index < -0.39 is 0 Å². The van der Waals surface area contributed by atoms with Gasteiger partial charge in [0.15, 0.2) is 0 Å². The summed E-state index contributed by atoms with van der Waals surface area (Å²) in [6.07, 6.45) is 2.01. The van der Waals surface area contributed by atoms with Gasteiger partial charge < -0.3 is 19.1 Å². The van der Waals surface area contributed by atoms with E-state index in [1.807, 2.05) is 71.3 Å². The predicted molar refractivity (Wildman–Crippen MR) is 133 cm³/mol. The van der Waals surface area contributed by atoms with Gasteiger partial charge in [-0.3, -0.25) is 9.59 Å². The van der Waals surface area contributed by atoms with E-state index in [9.17, 15) is 9.59 Å². The summed E-state index contributed by atoms with van der Waals surface area (Å²) in [6, 6.07) is 17.4. The number of piperazine rings is 1. The number of carbonyl (C=O) groups is 2. The number of benzene rings is 2. The minimum absolute atomic E-state index is 0.00139. The van der Waals surface area contributed by atoms with Crippen LogP contribution >= 0.6 is 11.6 Å².